The lowest BCUT2D eigenvalue weighted by molar-refractivity contribution is 0.184. The second-order valence-corrected chi connectivity index (χ2v) is 4.24. The van der Waals surface area contributed by atoms with Crippen LogP contribution < -0.4 is 10.1 Å². The molecule has 0 fully saturated rings. The molecule has 1 heterocycles. The predicted molar refractivity (Wildman–Crippen MR) is 72.4 cm³/mol. The van der Waals surface area contributed by atoms with Crippen molar-refractivity contribution in [1.82, 2.24) is 9.97 Å². The van der Waals surface area contributed by atoms with Gasteiger partial charge in [0, 0.05) is 19.1 Å². The normalized spacial score (nSPS) is 12.2. The molecule has 1 aromatic rings. The lowest BCUT2D eigenvalue weighted by atomic mass is 10.2. The third-order valence-electron chi connectivity index (χ3n) is 2.27. The number of halogens is 1. The molecular formula is C12H20ClN3O2. The van der Waals surface area contributed by atoms with Crippen LogP contribution in [0.1, 0.15) is 19.8 Å². The van der Waals surface area contributed by atoms with Crippen LogP contribution in [-0.4, -0.2) is 42.2 Å². The lowest BCUT2D eigenvalue weighted by Gasteiger charge is -2.17. The van der Waals surface area contributed by atoms with E-state index in [9.17, 15) is 0 Å². The van der Waals surface area contributed by atoms with Gasteiger partial charge in [-0.05, 0) is 12.8 Å². The molecule has 0 amide bonds. The van der Waals surface area contributed by atoms with Crippen molar-refractivity contribution < 1.29 is 9.47 Å². The molecule has 0 aliphatic carbocycles. The maximum absolute atomic E-state index is 5.75. The van der Waals surface area contributed by atoms with Crippen molar-refractivity contribution in [2.24, 2.45) is 0 Å². The van der Waals surface area contributed by atoms with Crippen molar-refractivity contribution in [2.45, 2.75) is 25.8 Å². The van der Waals surface area contributed by atoms with Gasteiger partial charge in [0.05, 0.1) is 19.3 Å². The number of alkyl halides is 1. The molecule has 0 aromatic carbocycles. The molecule has 0 saturated carbocycles. The molecule has 1 N–H and O–H groups in total. The van der Waals surface area contributed by atoms with E-state index in [1.54, 1.807) is 13.2 Å². The topological polar surface area (TPSA) is 56.3 Å². The summed E-state index contributed by atoms with van der Waals surface area (Å²) in [7, 11) is 1.67. The highest BCUT2D eigenvalue weighted by Crippen LogP contribution is 2.13. The maximum Gasteiger partial charge on any atom is 0.218 e. The summed E-state index contributed by atoms with van der Waals surface area (Å²) in [5.74, 6) is 1.88. The zero-order valence-electron chi connectivity index (χ0n) is 10.9. The second kappa shape index (κ2) is 8.94. The molecule has 1 aromatic heterocycles. The summed E-state index contributed by atoms with van der Waals surface area (Å²) in [5, 5.41) is 3.26. The zero-order chi connectivity index (χ0) is 13.2. The SMILES string of the molecule is CCCOc1cc(NC(CCCl)COC)ncn1. The number of ether oxygens (including phenoxy) is 2. The van der Waals surface area contributed by atoms with E-state index in [0.29, 0.717) is 25.0 Å². The number of nitrogens with zero attached hydrogens (tertiary/aromatic N) is 2. The van der Waals surface area contributed by atoms with Gasteiger partial charge in [0.1, 0.15) is 12.1 Å². The highest BCUT2D eigenvalue weighted by Gasteiger charge is 2.09. The first kappa shape index (κ1) is 15.0. The first-order chi connectivity index (χ1) is 8.80. The van der Waals surface area contributed by atoms with Crippen LogP contribution in [0, 0.1) is 0 Å². The maximum atomic E-state index is 5.75. The van der Waals surface area contributed by atoms with Crippen LogP contribution in [0.5, 0.6) is 5.88 Å². The molecule has 1 atom stereocenters. The summed E-state index contributed by atoms with van der Waals surface area (Å²) < 4.78 is 10.6. The molecule has 5 nitrogen and oxygen atoms in total. The average molecular weight is 274 g/mol. The minimum absolute atomic E-state index is 0.140. The van der Waals surface area contributed by atoms with Gasteiger partial charge in [-0.1, -0.05) is 6.92 Å². The lowest BCUT2D eigenvalue weighted by Crippen LogP contribution is -2.26. The Bertz CT molecular complexity index is 333. The van der Waals surface area contributed by atoms with E-state index in [1.165, 1.54) is 6.33 Å². The molecule has 0 saturated heterocycles. The Balaban J connectivity index is 2.58. The van der Waals surface area contributed by atoms with Crippen LogP contribution >= 0.6 is 11.6 Å². The van der Waals surface area contributed by atoms with Crippen LogP contribution in [0.3, 0.4) is 0 Å². The van der Waals surface area contributed by atoms with Gasteiger partial charge in [-0.3, -0.25) is 0 Å². The fraction of sp³-hybridized carbons (Fsp3) is 0.667. The van der Waals surface area contributed by atoms with Crippen LogP contribution in [0.2, 0.25) is 0 Å². The molecule has 0 aliphatic heterocycles. The third kappa shape index (κ3) is 5.51. The Kier molecular flexibility index (Phi) is 7.44. The first-order valence-corrected chi connectivity index (χ1v) is 6.59. The Hall–Kier alpha value is -1.07. The number of hydrogen-bond acceptors (Lipinski definition) is 5. The summed E-state index contributed by atoms with van der Waals surface area (Å²) in [6.07, 6.45) is 3.24. The molecular weight excluding hydrogens is 254 g/mol. The van der Waals surface area contributed by atoms with Crippen molar-refractivity contribution in [1.29, 1.82) is 0 Å². The molecule has 1 unspecified atom stereocenters. The van der Waals surface area contributed by atoms with E-state index in [2.05, 4.69) is 22.2 Å². The van der Waals surface area contributed by atoms with Crippen molar-refractivity contribution in [3.05, 3.63) is 12.4 Å². The fourth-order valence-corrected chi connectivity index (χ4v) is 1.71. The molecule has 18 heavy (non-hydrogen) atoms. The fourth-order valence-electron chi connectivity index (χ4n) is 1.44. The monoisotopic (exact) mass is 273 g/mol. The van der Waals surface area contributed by atoms with Gasteiger partial charge in [0.15, 0.2) is 0 Å². The van der Waals surface area contributed by atoms with Gasteiger partial charge in [0.2, 0.25) is 5.88 Å². The van der Waals surface area contributed by atoms with E-state index >= 15 is 0 Å². The number of rotatable bonds is 9. The average Bonchev–Trinajstić information content (AvgIpc) is 2.37. The number of nitrogens with one attached hydrogen (secondary N) is 1. The summed E-state index contributed by atoms with van der Waals surface area (Å²) in [6, 6.07) is 1.92. The van der Waals surface area contributed by atoms with E-state index in [4.69, 9.17) is 21.1 Å². The smallest absolute Gasteiger partial charge is 0.218 e. The Morgan fingerprint density at radius 2 is 2.28 bits per heavy atom. The van der Waals surface area contributed by atoms with Gasteiger partial charge >= 0.3 is 0 Å². The van der Waals surface area contributed by atoms with Crippen LogP contribution in [-0.2, 0) is 4.74 Å². The minimum atomic E-state index is 0.140. The number of methoxy groups -OCH3 is 1. The summed E-state index contributed by atoms with van der Waals surface area (Å²) in [4.78, 5) is 8.20. The predicted octanol–water partition coefficient (Wildman–Crippen LogP) is 2.32. The van der Waals surface area contributed by atoms with Crippen molar-refractivity contribution in [2.75, 3.05) is 31.5 Å². The van der Waals surface area contributed by atoms with E-state index in [1.807, 2.05) is 0 Å². The van der Waals surface area contributed by atoms with Crippen molar-refractivity contribution >= 4 is 17.4 Å². The third-order valence-corrected chi connectivity index (χ3v) is 2.49. The molecule has 102 valence electrons. The van der Waals surface area contributed by atoms with Gasteiger partial charge in [-0.2, -0.15) is 0 Å². The van der Waals surface area contributed by atoms with Gasteiger partial charge in [0.25, 0.3) is 0 Å². The number of hydrogen-bond donors (Lipinski definition) is 1. The molecule has 1 rings (SSSR count). The van der Waals surface area contributed by atoms with Gasteiger partial charge < -0.3 is 14.8 Å². The molecule has 0 spiro atoms. The summed E-state index contributed by atoms with van der Waals surface area (Å²) in [6.45, 7) is 3.29. The molecule has 6 heteroatoms. The Morgan fingerprint density at radius 1 is 1.44 bits per heavy atom. The standard InChI is InChI=1S/C12H20ClN3O2/c1-3-6-18-12-7-11(14-9-15-12)16-10(4-5-13)8-17-2/h7,9-10H,3-6,8H2,1-2H3,(H,14,15,16). The van der Waals surface area contributed by atoms with Crippen molar-refractivity contribution in [3.63, 3.8) is 0 Å². The Labute approximate surface area is 113 Å². The largest absolute Gasteiger partial charge is 0.478 e. The minimum Gasteiger partial charge on any atom is -0.478 e. The van der Waals surface area contributed by atoms with E-state index in [-0.39, 0.29) is 6.04 Å². The van der Waals surface area contributed by atoms with Crippen LogP contribution in [0.4, 0.5) is 5.82 Å². The highest BCUT2D eigenvalue weighted by molar-refractivity contribution is 6.17. The molecule has 0 bridgehead atoms. The van der Waals surface area contributed by atoms with Crippen LogP contribution in [0.25, 0.3) is 0 Å². The molecule has 0 radical (unpaired) electrons. The van der Waals surface area contributed by atoms with E-state index < -0.39 is 0 Å². The van der Waals surface area contributed by atoms with Crippen molar-refractivity contribution in [3.8, 4) is 5.88 Å². The second-order valence-electron chi connectivity index (χ2n) is 3.86. The van der Waals surface area contributed by atoms with Gasteiger partial charge in [-0.25, -0.2) is 9.97 Å². The highest BCUT2D eigenvalue weighted by atomic mass is 35.5. The van der Waals surface area contributed by atoms with E-state index in [0.717, 1.165) is 18.7 Å². The quantitative estimate of drug-likeness (QED) is 0.700. The summed E-state index contributed by atoms with van der Waals surface area (Å²) in [5.41, 5.74) is 0. The van der Waals surface area contributed by atoms with Gasteiger partial charge in [-0.15, -0.1) is 11.6 Å². The molecule has 0 aliphatic rings. The number of anilines is 1. The van der Waals surface area contributed by atoms with Crippen LogP contribution in [0.15, 0.2) is 12.4 Å². The first-order valence-electron chi connectivity index (χ1n) is 6.06. The zero-order valence-corrected chi connectivity index (χ0v) is 11.6. The Morgan fingerprint density at radius 3 is 2.94 bits per heavy atom. The number of aromatic nitrogens is 2. The summed E-state index contributed by atoms with van der Waals surface area (Å²) >= 11 is 5.75.